The highest BCUT2D eigenvalue weighted by Crippen LogP contribution is 2.41. The fourth-order valence-corrected chi connectivity index (χ4v) is 2.53. The molecule has 2 rings (SSSR count). The van der Waals surface area contributed by atoms with Crippen LogP contribution in [0.3, 0.4) is 0 Å². The maximum absolute atomic E-state index is 10.8. The van der Waals surface area contributed by atoms with Crippen LogP contribution in [0.25, 0.3) is 0 Å². The topological polar surface area (TPSA) is 57.2 Å². The molecule has 0 aliphatic rings. The van der Waals surface area contributed by atoms with Crippen LogP contribution in [0, 0.1) is 0 Å². The van der Waals surface area contributed by atoms with Gasteiger partial charge < -0.3 is 24.1 Å². The smallest absolute Gasteiger partial charge is 0.203 e. The number of rotatable bonds is 7. The van der Waals surface area contributed by atoms with Crippen molar-refractivity contribution < 1.29 is 24.1 Å². The molecule has 0 aliphatic heterocycles. The maximum atomic E-state index is 10.8. The monoisotopic (exact) mass is 318 g/mol. The van der Waals surface area contributed by atoms with E-state index in [1.54, 1.807) is 40.6 Å². The standard InChI is InChI=1S/C18H22O5/c1-20-11-12-7-5-6-8-14(12)17(19)13-9-15(21-2)18(23-4)16(10-13)22-3/h5-10,17,19H,11H2,1-4H3. The average molecular weight is 318 g/mol. The molecule has 2 aromatic rings. The lowest BCUT2D eigenvalue weighted by atomic mass is 9.96. The van der Waals surface area contributed by atoms with Crippen LogP contribution in [0.1, 0.15) is 22.8 Å². The van der Waals surface area contributed by atoms with Crippen molar-refractivity contribution in [3.05, 3.63) is 53.1 Å². The Labute approximate surface area is 136 Å². The van der Waals surface area contributed by atoms with E-state index in [1.165, 1.54) is 0 Å². The van der Waals surface area contributed by atoms with Gasteiger partial charge in [-0.3, -0.25) is 0 Å². The molecule has 1 unspecified atom stereocenters. The predicted octanol–water partition coefficient (Wildman–Crippen LogP) is 2.94. The van der Waals surface area contributed by atoms with Gasteiger partial charge in [-0.15, -0.1) is 0 Å². The Morgan fingerprint density at radius 2 is 1.52 bits per heavy atom. The molecule has 0 amide bonds. The van der Waals surface area contributed by atoms with E-state index in [2.05, 4.69) is 0 Å². The van der Waals surface area contributed by atoms with E-state index in [4.69, 9.17) is 18.9 Å². The first-order valence-electron chi connectivity index (χ1n) is 7.21. The number of aliphatic hydroxyl groups excluding tert-OH is 1. The molecule has 0 saturated heterocycles. The van der Waals surface area contributed by atoms with Gasteiger partial charge in [0.2, 0.25) is 5.75 Å². The molecule has 1 atom stereocenters. The molecule has 0 spiro atoms. The molecule has 0 heterocycles. The second kappa shape index (κ2) is 7.85. The van der Waals surface area contributed by atoms with Gasteiger partial charge in [0.25, 0.3) is 0 Å². The third kappa shape index (κ3) is 3.57. The van der Waals surface area contributed by atoms with E-state index in [0.29, 0.717) is 29.4 Å². The van der Waals surface area contributed by atoms with E-state index in [9.17, 15) is 5.11 Å². The molecule has 1 N–H and O–H groups in total. The minimum Gasteiger partial charge on any atom is -0.493 e. The Hall–Kier alpha value is -2.24. The normalized spacial score (nSPS) is 11.9. The van der Waals surface area contributed by atoms with Gasteiger partial charge in [0.1, 0.15) is 6.10 Å². The first-order valence-corrected chi connectivity index (χ1v) is 7.21. The van der Waals surface area contributed by atoms with Crippen molar-refractivity contribution in [3.8, 4) is 17.2 Å². The van der Waals surface area contributed by atoms with Crippen molar-refractivity contribution >= 4 is 0 Å². The Balaban J connectivity index is 2.49. The molecule has 0 saturated carbocycles. The number of aliphatic hydroxyl groups is 1. The minimum atomic E-state index is -0.824. The molecular weight excluding hydrogens is 296 g/mol. The summed E-state index contributed by atoms with van der Waals surface area (Å²) in [6, 6.07) is 11.1. The van der Waals surface area contributed by atoms with Gasteiger partial charge in [-0.25, -0.2) is 0 Å². The van der Waals surface area contributed by atoms with Crippen molar-refractivity contribution in [2.45, 2.75) is 12.7 Å². The predicted molar refractivity (Wildman–Crippen MR) is 87.3 cm³/mol. The van der Waals surface area contributed by atoms with Gasteiger partial charge in [0.05, 0.1) is 27.9 Å². The number of benzene rings is 2. The summed E-state index contributed by atoms with van der Waals surface area (Å²) < 4.78 is 21.2. The fraction of sp³-hybridized carbons (Fsp3) is 0.333. The van der Waals surface area contributed by atoms with Crippen molar-refractivity contribution in [2.24, 2.45) is 0 Å². The Morgan fingerprint density at radius 1 is 0.913 bits per heavy atom. The quantitative estimate of drug-likeness (QED) is 0.850. The van der Waals surface area contributed by atoms with E-state index in [1.807, 2.05) is 24.3 Å². The number of ether oxygens (including phenoxy) is 4. The van der Waals surface area contributed by atoms with Crippen LogP contribution >= 0.6 is 0 Å². The van der Waals surface area contributed by atoms with Gasteiger partial charge in [-0.05, 0) is 28.8 Å². The lowest BCUT2D eigenvalue weighted by Crippen LogP contribution is -2.06. The van der Waals surface area contributed by atoms with Crippen LogP contribution in [0.4, 0.5) is 0 Å². The third-order valence-corrected chi connectivity index (χ3v) is 3.65. The van der Waals surface area contributed by atoms with Crippen LogP contribution in [0.2, 0.25) is 0 Å². The molecule has 5 nitrogen and oxygen atoms in total. The molecule has 0 aromatic heterocycles. The first-order chi connectivity index (χ1) is 11.2. The molecular formula is C18H22O5. The molecule has 124 valence electrons. The van der Waals surface area contributed by atoms with Crippen molar-refractivity contribution in [2.75, 3.05) is 28.4 Å². The van der Waals surface area contributed by atoms with Crippen LogP contribution < -0.4 is 14.2 Å². The molecule has 2 aromatic carbocycles. The Kier molecular flexibility index (Phi) is 5.84. The summed E-state index contributed by atoms with van der Waals surface area (Å²) in [4.78, 5) is 0. The number of hydrogen-bond acceptors (Lipinski definition) is 5. The summed E-state index contributed by atoms with van der Waals surface area (Å²) in [5.74, 6) is 1.51. The van der Waals surface area contributed by atoms with E-state index < -0.39 is 6.10 Å². The molecule has 0 bridgehead atoms. The maximum Gasteiger partial charge on any atom is 0.203 e. The highest BCUT2D eigenvalue weighted by Gasteiger charge is 2.20. The second-order valence-electron chi connectivity index (χ2n) is 4.99. The van der Waals surface area contributed by atoms with Crippen molar-refractivity contribution in [1.82, 2.24) is 0 Å². The van der Waals surface area contributed by atoms with E-state index in [0.717, 1.165) is 11.1 Å². The summed E-state index contributed by atoms with van der Waals surface area (Å²) in [6.45, 7) is 0.428. The first kappa shape index (κ1) is 17.1. The zero-order valence-electron chi connectivity index (χ0n) is 13.8. The van der Waals surface area contributed by atoms with Crippen LogP contribution in [0.15, 0.2) is 36.4 Å². The van der Waals surface area contributed by atoms with E-state index in [-0.39, 0.29) is 0 Å². The average Bonchev–Trinajstić information content (AvgIpc) is 2.60. The van der Waals surface area contributed by atoms with Gasteiger partial charge in [-0.2, -0.15) is 0 Å². The molecule has 0 aliphatic carbocycles. The van der Waals surface area contributed by atoms with Gasteiger partial charge in [0, 0.05) is 7.11 Å². The summed E-state index contributed by atoms with van der Waals surface area (Å²) in [6.07, 6.45) is -0.824. The minimum absolute atomic E-state index is 0.428. The highest BCUT2D eigenvalue weighted by atomic mass is 16.5. The Morgan fingerprint density at radius 3 is 2.04 bits per heavy atom. The zero-order chi connectivity index (χ0) is 16.8. The molecule has 0 radical (unpaired) electrons. The van der Waals surface area contributed by atoms with Crippen LogP contribution in [-0.4, -0.2) is 33.5 Å². The molecule has 0 fully saturated rings. The van der Waals surface area contributed by atoms with Crippen LogP contribution in [0.5, 0.6) is 17.2 Å². The van der Waals surface area contributed by atoms with Gasteiger partial charge in [-0.1, -0.05) is 24.3 Å². The van der Waals surface area contributed by atoms with Crippen molar-refractivity contribution in [3.63, 3.8) is 0 Å². The third-order valence-electron chi connectivity index (χ3n) is 3.65. The van der Waals surface area contributed by atoms with Crippen molar-refractivity contribution in [1.29, 1.82) is 0 Å². The highest BCUT2D eigenvalue weighted by molar-refractivity contribution is 5.55. The number of hydrogen-bond donors (Lipinski definition) is 1. The lowest BCUT2D eigenvalue weighted by molar-refractivity contribution is 0.176. The summed E-state index contributed by atoms with van der Waals surface area (Å²) in [5.41, 5.74) is 2.36. The van der Waals surface area contributed by atoms with E-state index >= 15 is 0 Å². The summed E-state index contributed by atoms with van der Waals surface area (Å²) in [7, 11) is 6.27. The molecule has 23 heavy (non-hydrogen) atoms. The van der Waals surface area contributed by atoms with Gasteiger partial charge in [0.15, 0.2) is 11.5 Å². The Bertz CT molecular complexity index is 629. The fourth-order valence-electron chi connectivity index (χ4n) is 2.53. The van der Waals surface area contributed by atoms with Crippen LogP contribution in [-0.2, 0) is 11.3 Å². The largest absolute Gasteiger partial charge is 0.493 e. The summed E-state index contributed by atoms with van der Waals surface area (Å²) >= 11 is 0. The second-order valence-corrected chi connectivity index (χ2v) is 4.99. The summed E-state index contributed by atoms with van der Waals surface area (Å²) in [5, 5.41) is 10.8. The zero-order valence-corrected chi connectivity index (χ0v) is 13.8. The van der Waals surface area contributed by atoms with Gasteiger partial charge >= 0.3 is 0 Å². The SMILES string of the molecule is COCc1ccccc1C(O)c1cc(OC)c(OC)c(OC)c1. The molecule has 5 heteroatoms. The number of methoxy groups -OCH3 is 4. The lowest BCUT2D eigenvalue weighted by Gasteiger charge is -2.19.